The molecule has 2 aliphatic carbocycles. The Kier molecular flexibility index (Phi) is 20.6. The first-order valence-corrected chi connectivity index (χ1v) is 24.0. The number of benzene rings is 2. The van der Waals surface area contributed by atoms with E-state index in [0.29, 0.717) is 55.1 Å². The molecule has 2 heterocycles. The number of nitrogens with two attached hydrogens (primary N) is 1. The Balaban J connectivity index is 0.000000255. The molecule has 2 aromatic carbocycles. The third-order valence-corrected chi connectivity index (χ3v) is 14.2. The van der Waals surface area contributed by atoms with E-state index in [1.54, 1.807) is 12.1 Å². The molecule has 388 valence electrons. The van der Waals surface area contributed by atoms with Crippen molar-refractivity contribution in [2.24, 2.45) is 16.6 Å². The van der Waals surface area contributed by atoms with Crippen LogP contribution in [-0.2, 0) is 22.4 Å². The zero-order chi connectivity index (χ0) is 52.9. The van der Waals surface area contributed by atoms with E-state index in [1.807, 2.05) is 84.2 Å². The van der Waals surface area contributed by atoms with Gasteiger partial charge in [-0.2, -0.15) is 26.3 Å². The highest BCUT2D eigenvalue weighted by atomic mass is 19.4. The summed E-state index contributed by atoms with van der Waals surface area (Å²) >= 11 is 0. The molecule has 0 aliphatic heterocycles. The van der Waals surface area contributed by atoms with E-state index in [1.165, 1.54) is 48.0 Å². The molecule has 2 saturated carbocycles. The lowest BCUT2D eigenvalue weighted by Crippen LogP contribution is -2.43. The fraction of sp³-hybridized carbons (Fsp3) is 0.519. The summed E-state index contributed by atoms with van der Waals surface area (Å²) in [6, 6.07) is 18.0. The fourth-order valence-corrected chi connectivity index (χ4v) is 9.07. The number of aromatic nitrogens is 2. The summed E-state index contributed by atoms with van der Waals surface area (Å²) < 4.78 is 80.9. The molecule has 0 saturated heterocycles. The number of hydrogen-bond acceptors (Lipinski definition) is 9. The predicted octanol–water partition coefficient (Wildman–Crippen LogP) is 10.1. The van der Waals surface area contributed by atoms with E-state index >= 15 is 0 Å². The maximum Gasteiger partial charge on any atom is 0.395 e. The van der Waals surface area contributed by atoms with Gasteiger partial charge in [-0.15, -0.1) is 0 Å². The summed E-state index contributed by atoms with van der Waals surface area (Å²) in [5.41, 5.74) is 8.95. The van der Waals surface area contributed by atoms with Crippen LogP contribution in [0.15, 0.2) is 85.5 Å². The largest absolute Gasteiger partial charge is 0.481 e. The predicted molar refractivity (Wildman–Crippen MR) is 262 cm³/mol. The number of alkyl halides is 6. The number of rotatable bonds is 21. The van der Waals surface area contributed by atoms with Crippen LogP contribution in [0.4, 0.5) is 26.3 Å². The van der Waals surface area contributed by atoms with Gasteiger partial charge >= 0.3 is 18.3 Å². The van der Waals surface area contributed by atoms with Crippen LogP contribution >= 0.6 is 0 Å². The van der Waals surface area contributed by atoms with Crippen molar-refractivity contribution in [1.82, 2.24) is 25.1 Å². The number of pyridine rings is 2. The van der Waals surface area contributed by atoms with E-state index in [4.69, 9.17) is 10.8 Å². The molecule has 2 unspecified atom stereocenters. The van der Waals surface area contributed by atoms with Gasteiger partial charge in [0.15, 0.2) is 11.6 Å². The van der Waals surface area contributed by atoms with Crippen LogP contribution in [0.25, 0.3) is 0 Å². The number of nitrogens with zero attached hydrogens (tertiary/aromatic N) is 4. The van der Waals surface area contributed by atoms with Crippen LogP contribution < -0.4 is 11.1 Å². The highest BCUT2D eigenvalue weighted by Gasteiger charge is 2.68. The Labute approximate surface area is 414 Å². The van der Waals surface area contributed by atoms with Crippen molar-refractivity contribution < 1.29 is 50.6 Å². The molecule has 0 bridgehead atoms. The van der Waals surface area contributed by atoms with Gasteiger partial charge in [0.05, 0.1) is 17.3 Å². The monoisotopic (exact) mass is 997 g/mol. The number of amides is 1. The number of carbonyl (C=O) groups excluding carboxylic acids is 3. The van der Waals surface area contributed by atoms with Crippen molar-refractivity contribution in [3.05, 3.63) is 130 Å². The van der Waals surface area contributed by atoms with Crippen molar-refractivity contribution in [3.63, 3.8) is 0 Å². The quantitative estimate of drug-likeness (QED) is 0.0542. The fourth-order valence-electron chi connectivity index (χ4n) is 9.07. The van der Waals surface area contributed by atoms with Crippen LogP contribution in [0.3, 0.4) is 0 Å². The van der Waals surface area contributed by atoms with Gasteiger partial charge in [-0.25, -0.2) is 0 Å². The number of aryl methyl sites for hydroxylation is 2. The average molecular weight is 997 g/mol. The number of carbonyl (C=O) groups is 4. The molecule has 0 spiro atoms. The lowest BCUT2D eigenvalue weighted by atomic mass is 9.80. The second-order valence-corrected chi connectivity index (χ2v) is 19.3. The Hall–Kier alpha value is -5.52. The molecule has 2 fully saturated rings. The normalized spacial score (nSPS) is 16.3. The molecule has 1 amide bonds. The molecule has 0 radical (unpaired) electrons. The van der Waals surface area contributed by atoms with Crippen molar-refractivity contribution in [2.75, 3.05) is 41.3 Å². The highest BCUT2D eigenvalue weighted by molar-refractivity contribution is 5.96. The first kappa shape index (κ1) is 58.1. The molecule has 71 heavy (non-hydrogen) atoms. The van der Waals surface area contributed by atoms with Gasteiger partial charge in [0, 0.05) is 92.2 Å². The maximum absolute atomic E-state index is 13.9. The van der Waals surface area contributed by atoms with Crippen LogP contribution in [-0.4, -0.2) is 114 Å². The van der Waals surface area contributed by atoms with Crippen LogP contribution in [0, 0.1) is 24.7 Å². The first-order valence-electron chi connectivity index (χ1n) is 24.0. The van der Waals surface area contributed by atoms with Crippen molar-refractivity contribution in [3.8, 4) is 0 Å². The van der Waals surface area contributed by atoms with Gasteiger partial charge in [0.2, 0.25) is 5.91 Å². The molecular formula is C54H70F6N6O5. The smallest absolute Gasteiger partial charge is 0.395 e. The molecule has 4 atom stereocenters. The SMILES string of the molecule is CCC(=O)c1ccc(C[C@@H](CN)N(C)C)c(C)c1.CCC(=O)c1ccc(C[C@@H](CNC(=O)CC(c2ccncc2)C2(C(F)(F)F)CC2)N(C)C)c(C)c1.O=C(O)CC(c1ccncc1)C1(C(F)(F)F)CC1. The molecule has 2 aromatic heterocycles. The van der Waals surface area contributed by atoms with E-state index in [9.17, 15) is 45.5 Å². The van der Waals surface area contributed by atoms with Crippen LogP contribution in [0.1, 0.15) is 131 Å². The van der Waals surface area contributed by atoms with Crippen molar-refractivity contribution in [2.45, 2.75) is 128 Å². The van der Waals surface area contributed by atoms with Gasteiger partial charge < -0.3 is 26.0 Å². The van der Waals surface area contributed by atoms with Gasteiger partial charge in [-0.3, -0.25) is 29.1 Å². The number of Topliss-reactive ketones (excluding diaryl/α,β-unsaturated/α-hetero) is 2. The summed E-state index contributed by atoms with van der Waals surface area (Å²) in [6.07, 6.45) is -1.13. The van der Waals surface area contributed by atoms with Gasteiger partial charge in [0.25, 0.3) is 0 Å². The minimum Gasteiger partial charge on any atom is -0.481 e. The first-order chi connectivity index (χ1) is 33.3. The summed E-state index contributed by atoms with van der Waals surface area (Å²) in [6.45, 7) is 8.69. The van der Waals surface area contributed by atoms with E-state index < -0.39 is 53.3 Å². The highest BCUT2D eigenvalue weighted by Crippen LogP contribution is 2.67. The van der Waals surface area contributed by atoms with E-state index in [-0.39, 0.29) is 49.7 Å². The van der Waals surface area contributed by atoms with Gasteiger partial charge in [-0.1, -0.05) is 38.1 Å². The second kappa shape index (κ2) is 25.2. The van der Waals surface area contributed by atoms with Crippen LogP contribution in [0.5, 0.6) is 0 Å². The number of carboxylic acids is 1. The molecule has 17 heteroatoms. The lowest BCUT2D eigenvalue weighted by Gasteiger charge is -2.30. The van der Waals surface area contributed by atoms with E-state index in [0.717, 1.165) is 23.1 Å². The minimum absolute atomic E-state index is 0.00320. The lowest BCUT2D eigenvalue weighted by molar-refractivity contribution is -0.196. The van der Waals surface area contributed by atoms with Gasteiger partial charge in [-0.05, 0) is 150 Å². The Morgan fingerprint density at radius 2 is 1.03 bits per heavy atom. The van der Waals surface area contributed by atoms with E-state index in [2.05, 4.69) is 33.2 Å². The van der Waals surface area contributed by atoms with Gasteiger partial charge in [0.1, 0.15) is 0 Å². The number of likely N-dealkylation sites (N-methyl/N-ethyl adjacent to an activating group) is 2. The zero-order valence-corrected chi connectivity index (χ0v) is 42.1. The third kappa shape index (κ3) is 15.5. The molecular weight excluding hydrogens is 927 g/mol. The Morgan fingerprint density at radius 1 is 0.648 bits per heavy atom. The Morgan fingerprint density at radius 3 is 1.34 bits per heavy atom. The van der Waals surface area contributed by atoms with Crippen LogP contribution in [0.2, 0.25) is 0 Å². The number of hydrogen-bond donors (Lipinski definition) is 3. The topological polar surface area (TPSA) is 159 Å². The number of ketones is 2. The number of carboxylic acid groups (broad SMARTS) is 1. The van der Waals surface area contributed by atoms with Crippen molar-refractivity contribution >= 4 is 23.4 Å². The molecule has 6 rings (SSSR count). The Bertz CT molecular complexity index is 2390. The zero-order valence-electron chi connectivity index (χ0n) is 42.1. The average Bonchev–Trinajstić information content (AvgIpc) is 4.27. The molecule has 11 nitrogen and oxygen atoms in total. The number of nitrogens with one attached hydrogen (secondary N) is 1. The second-order valence-electron chi connectivity index (χ2n) is 19.3. The summed E-state index contributed by atoms with van der Waals surface area (Å²) in [5, 5.41) is 11.7. The molecule has 4 aromatic rings. The summed E-state index contributed by atoms with van der Waals surface area (Å²) in [5.74, 6) is -3.28. The minimum atomic E-state index is -4.36. The number of aliphatic carboxylic acids is 1. The molecule has 2 aliphatic rings. The number of halogens is 6. The third-order valence-electron chi connectivity index (χ3n) is 14.2. The maximum atomic E-state index is 13.9. The summed E-state index contributed by atoms with van der Waals surface area (Å²) in [7, 11) is 7.90. The molecule has 4 N–H and O–H groups in total. The summed E-state index contributed by atoms with van der Waals surface area (Å²) in [4.78, 5) is 59.1. The van der Waals surface area contributed by atoms with Crippen molar-refractivity contribution in [1.29, 1.82) is 0 Å². The standard InChI is InChI=1S/C27H34F3N3O2.C15H24N2O.C12H12F3NO2/c1-5-24(34)21-7-6-20(18(2)14-21)15-22(33(3)4)17-32-25(35)16-23(19-8-12-31-13-9-19)26(10-11-26)27(28,29)30;1-5-15(18)13-7-6-12(11(2)8-13)9-14(10-16)17(3)4;13-12(14,15)11(3-4-11)9(7-10(17)18)8-1-5-16-6-2-8/h6-9,12-14,22-23H,5,10-11,15-17H2,1-4H3,(H,32,35);6-8,14H,5,9-10,16H2,1-4H3;1-2,5-6,9H,3-4,7H2,(H,17,18)/t22-,23?;14-;/m00./s1.